The molecule has 1 aromatic rings. The van der Waals surface area contributed by atoms with Crippen LogP contribution in [0.4, 0.5) is 0 Å². The minimum Gasteiger partial charge on any atom is -0.362 e. The van der Waals surface area contributed by atoms with Gasteiger partial charge in [-0.1, -0.05) is 29.3 Å². The molecule has 0 spiro atoms. The molecule has 1 rings (SSSR count). The quantitative estimate of drug-likeness (QED) is 0.510. The van der Waals surface area contributed by atoms with Crippen LogP contribution in [0.5, 0.6) is 0 Å². The highest BCUT2D eigenvalue weighted by atomic mass is 35.5. The molecule has 0 aliphatic carbocycles. The Labute approximate surface area is 116 Å². The van der Waals surface area contributed by atoms with E-state index in [1.807, 2.05) is 19.9 Å². The topological polar surface area (TPSA) is 36.4 Å². The number of hydrogen-bond donors (Lipinski definition) is 2. The highest BCUT2D eigenvalue weighted by Crippen LogP contribution is 2.22. The molecule has 17 heavy (non-hydrogen) atoms. The number of rotatable bonds is 3. The van der Waals surface area contributed by atoms with Crippen LogP contribution in [-0.4, -0.2) is 17.4 Å². The van der Waals surface area contributed by atoms with Crippen molar-refractivity contribution in [1.82, 2.24) is 10.7 Å². The molecule has 0 bridgehead atoms. The van der Waals surface area contributed by atoms with Gasteiger partial charge in [-0.25, -0.2) is 0 Å². The van der Waals surface area contributed by atoms with Gasteiger partial charge in [-0.3, -0.25) is 5.43 Å². The maximum Gasteiger partial charge on any atom is 0.186 e. The van der Waals surface area contributed by atoms with Crippen LogP contribution in [0.15, 0.2) is 23.3 Å². The van der Waals surface area contributed by atoms with Crippen LogP contribution in [0, 0.1) is 0 Å². The maximum atomic E-state index is 5.92. The first-order valence-corrected chi connectivity index (χ1v) is 6.24. The Hall–Kier alpha value is -0.840. The summed E-state index contributed by atoms with van der Waals surface area (Å²) in [4.78, 5) is 0. The predicted octanol–water partition coefficient (Wildman–Crippen LogP) is 3.20. The molecule has 0 saturated heterocycles. The molecule has 0 aromatic heterocycles. The van der Waals surface area contributed by atoms with Crippen molar-refractivity contribution in [1.29, 1.82) is 0 Å². The first kappa shape index (κ1) is 14.2. The number of hydrazone groups is 1. The summed E-state index contributed by atoms with van der Waals surface area (Å²) in [5.41, 5.74) is 4.42. The van der Waals surface area contributed by atoms with E-state index in [2.05, 4.69) is 15.8 Å². The number of benzene rings is 1. The van der Waals surface area contributed by atoms with Gasteiger partial charge in [0.2, 0.25) is 0 Å². The third-order valence-corrected chi connectivity index (χ3v) is 2.97. The monoisotopic (exact) mass is 289 g/mol. The summed E-state index contributed by atoms with van der Waals surface area (Å²) >= 11 is 16.8. The highest BCUT2D eigenvalue weighted by molar-refractivity contribution is 7.80. The van der Waals surface area contributed by atoms with E-state index in [-0.39, 0.29) is 0 Å². The van der Waals surface area contributed by atoms with Crippen LogP contribution in [0.2, 0.25) is 10.0 Å². The van der Waals surface area contributed by atoms with Crippen molar-refractivity contribution >= 4 is 46.2 Å². The zero-order valence-corrected chi connectivity index (χ0v) is 11.9. The molecule has 0 saturated carbocycles. The van der Waals surface area contributed by atoms with Crippen molar-refractivity contribution < 1.29 is 0 Å². The summed E-state index contributed by atoms with van der Waals surface area (Å²) in [6.07, 6.45) is 0. The number of nitrogens with one attached hydrogen (secondary N) is 2. The molecule has 0 aliphatic heterocycles. The van der Waals surface area contributed by atoms with E-state index in [1.54, 1.807) is 12.1 Å². The minimum absolute atomic E-state index is 0.493. The molecular weight excluding hydrogens is 277 g/mol. The summed E-state index contributed by atoms with van der Waals surface area (Å²) in [5.74, 6) is 0. The lowest BCUT2D eigenvalue weighted by Gasteiger charge is -2.06. The summed E-state index contributed by atoms with van der Waals surface area (Å²) in [6, 6.07) is 5.35. The summed E-state index contributed by atoms with van der Waals surface area (Å²) in [5, 5.41) is 8.61. The molecule has 0 fully saturated rings. The molecule has 0 radical (unpaired) electrons. The van der Waals surface area contributed by atoms with E-state index in [9.17, 15) is 0 Å². The van der Waals surface area contributed by atoms with Gasteiger partial charge in [-0.2, -0.15) is 5.10 Å². The van der Waals surface area contributed by atoms with Crippen molar-refractivity contribution in [2.24, 2.45) is 5.10 Å². The first-order valence-electron chi connectivity index (χ1n) is 5.08. The van der Waals surface area contributed by atoms with Gasteiger partial charge in [0, 0.05) is 6.54 Å². The second kappa shape index (κ2) is 6.79. The van der Waals surface area contributed by atoms with Gasteiger partial charge in [0.25, 0.3) is 0 Å². The second-order valence-corrected chi connectivity index (χ2v) is 4.52. The van der Waals surface area contributed by atoms with E-state index < -0.39 is 0 Å². The number of halogens is 2. The molecule has 2 N–H and O–H groups in total. The highest BCUT2D eigenvalue weighted by Gasteiger charge is 2.02. The zero-order valence-electron chi connectivity index (χ0n) is 9.55. The van der Waals surface area contributed by atoms with Crippen LogP contribution >= 0.6 is 35.4 Å². The Morgan fingerprint density at radius 3 is 2.65 bits per heavy atom. The summed E-state index contributed by atoms with van der Waals surface area (Å²) in [6.45, 7) is 4.58. The molecule has 0 atom stereocenters. The molecule has 6 heteroatoms. The zero-order chi connectivity index (χ0) is 12.8. The fourth-order valence-corrected chi connectivity index (χ4v) is 1.61. The smallest absolute Gasteiger partial charge is 0.186 e. The van der Waals surface area contributed by atoms with E-state index in [0.717, 1.165) is 17.8 Å². The number of hydrogen-bond acceptors (Lipinski definition) is 2. The predicted molar refractivity (Wildman–Crippen MR) is 78.1 cm³/mol. The lowest BCUT2D eigenvalue weighted by Crippen LogP contribution is -2.32. The van der Waals surface area contributed by atoms with Crippen molar-refractivity contribution in [2.45, 2.75) is 13.8 Å². The van der Waals surface area contributed by atoms with Gasteiger partial charge in [0.05, 0.1) is 15.8 Å². The summed E-state index contributed by atoms with van der Waals surface area (Å²) in [7, 11) is 0. The Balaban J connectivity index is 2.74. The normalized spacial score (nSPS) is 11.2. The molecule has 0 heterocycles. The average Bonchev–Trinajstić information content (AvgIpc) is 2.30. The van der Waals surface area contributed by atoms with Crippen LogP contribution < -0.4 is 10.7 Å². The lowest BCUT2D eigenvalue weighted by molar-refractivity contribution is 0.901. The van der Waals surface area contributed by atoms with Gasteiger partial charge >= 0.3 is 0 Å². The molecule has 0 unspecified atom stereocenters. The minimum atomic E-state index is 0.493. The average molecular weight is 290 g/mol. The van der Waals surface area contributed by atoms with Crippen molar-refractivity contribution in [3.05, 3.63) is 33.8 Å². The summed E-state index contributed by atoms with van der Waals surface area (Å²) < 4.78 is 0. The van der Waals surface area contributed by atoms with Crippen LogP contribution in [0.3, 0.4) is 0 Å². The maximum absolute atomic E-state index is 5.92. The van der Waals surface area contributed by atoms with Crippen LogP contribution in [0.1, 0.15) is 19.4 Å². The number of thiocarbonyl (C=S) groups is 1. The standard InChI is InChI=1S/C11H13Cl2N3S/c1-3-14-11(17)16-15-7(2)8-4-5-9(12)10(13)6-8/h4-6H,3H2,1-2H3,(H2,14,16,17)/b15-7-. The first-order chi connectivity index (χ1) is 8.04. The van der Waals surface area contributed by atoms with Crippen LogP contribution in [-0.2, 0) is 0 Å². The van der Waals surface area contributed by atoms with Crippen LogP contribution in [0.25, 0.3) is 0 Å². The fourth-order valence-electron chi connectivity index (χ4n) is 1.12. The largest absolute Gasteiger partial charge is 0.362 e. The fraction of sp³-hybridized carbons (Fsp3) is 0.273. The number of nitrogens with zero attached hydrogens (tertiary/aromatic N) is 1. The molecular formula is C11H13Cl2N3S. The van der Waals surface area contributed by atoms with E-state index in [1.165, 1.54) is 0 Å². The Kier molecular flexibility index (Phi) is 5.68. The van der Waals surface area contributed by atoms with Crippen molar-refractivity contribution in [3.63, 3.8) is 0 Å². The Morgan fingerprint density at radius 1 is 1.35 bits per heavy atom. The van der Waals surface area contributed by atoms with Gasteiger partial charge < -0.3 is 5.32 Å². The molecule has 0 amide bonds. The lowest BCUT2D eigenvalue weighted by atomic mass is 10.1. The third kappa shape index (κ3) is 4.50. The van der Waals surface area contributed by atoms with Gasteiger partial charge in [0.1, 0.15) is 0 Å². The third-order valence-electron chi connectivity index (χ3n) is 2.00. The Morgan fingerprint density at radius 2 is 2.06 bits per heavy atom. The van der Waals surface area contributed by atoms with Gasteiger partial charge in [0.15, 0.2) is 5.11 Å². The molecule has 92 valence electrons. The Bertz CT molecular complexity index is 446. The SMILES string of the molecule is CCNC(=S)N/N=C(/C)c1ccc(Cl)c(Cl)c1. The van der Waals surface area contributed by atoms with Gasteiger partial charge in [-0.05, 0) is 43.8 Å². The molecule has 0 aliphatic rings. The second-order valence-electron chi connectivity index (χ2n) is 3.30. The van der Waals surface area contributed by atoms with Crippen molar-refractivity contribution in [2.75, 3.05) is 6.54 Å². The van der Waals surface area contributed by atoms with Gasteiger partial charge in [-0.15, -0.1) is 0 Å². The molecule has 1 aromatic carbocycles. The van der Waals surface area contributed by atoms with Crippen molar-refractivity contribution in [3.8, 4) is 0 Å². The van der Waals surface area contributed by atoms with E-state index in [4.69, 9.17) is 35.4 Å². The van der Waals surface area contributed by atoms with E-state index in [0.29, 0.717) is 15.2 Å². The van der Waals surface area contributed by atoms with E-state index >= 15 is 0 Å². The molecule has 3 nitrogen and oxygen atoms in total.